The average Bonchev–Trinajstić information content (AvgIpc) is 3.06. The summed E-state index contributed by atoms with van der Waals surface area (Å²) in [5.74, 6) is 1.37. The molecule has 2 saturated heterocycles. The Labute approximate surface area is 128 Å². The number of nitrogens with one attached hydrogen (secondary N) is 2. The molecular weight excluding hydrogens is 290 g/mol. The number of fused-ring (bicyclic) bond motifs is 2. The maximum atomic E-state index is 10.6. The van der Waals surface area contributed by atoms with Crippen molar-refractivity contribution >= 4 is 23.1 Å². The third-order valence-corrected chi connectivity index (χ3v) is 4.42. The number of rotatable bonds is 4. The minimum absolute atomic E-state index is 0.340. The smallest absolute Gasteiger partial charge is 0.218 e. The SMILES string of the molecule is COc1cc(NC(=S)NC[C@]2(O)CN3CC[C@@H]2C3)ncn1. The molecule has 2 bridgehead atoms. The Morgan fingerprint density at radius 2 is 2.48 bits per heavy atom. The Morgan fingerprint density at radius 3 is 3.14 bits per heavy atom. The van der Waals surface area contributed by atoms with E-state index < -0.39 is 5.60 Å². The molecule has 8 heteroatoms. The lowest BCUT2D eigenvalue weighted by molar-refractivity contribution is -0.000179. The number of piperidine rings is 1. The van der Waals surface area contributed by atoms with Crippen LogP contribution in [0.25, 0.3) is 0 Å². The summed E-state index contributed by atoms with van der Waals surface area (Å²) < 4.78 is 5.03. The van der Waals surface area contributed by atoms with Crippen LogP contribution in [-0.2, 0) is 0 Å². The lowest BCUT2D eigenvalue weighted by Crippen LogP contribution is -2.51. The van der Waals surface area contributed by atoms with E-state index in [0.717, 1.165) is 19.5 Å². The van der Waals surface area contributed by atoms with Crippen molar-refractivity contribution in [3.05, 3.63) is 12.4 Å². The number of nitrogens with zero attached hydrogens (tertiary/aromatic N) is 3. The molecule has 3 heterocycles. The van der Waals surface area contributed by atoms with Gasteiger partial charge in [0, 0.05) is 31.6 Å². The second kappa shape index (κ2) is 5.70. The van der Waals surface area contributed by atoms with Crippen LogP contribution in [0.5, 0.6) is 5.88 Å². The molecule has 3 rings (SSSR count). The molecule has 3 N–H and O–H groups in total. The molecule has 1 unspecified atom stereocenters. The van der Waals surface area contributed by atoms with Crippen LogP contribution in [0, 0.1) is 5.92 Å². The summed E-state index contributed by atoms with van der Waals surface area (Å²) in [7, 11) is 1.54. The molecule has 114 valence electrons. The van der Waals surface area contributed by atoms with Crippen molar-refractivity contribution in [2.75, 3.05) is 38.6 Å². The molecule has 0 spiro atoms. The lowest BCUT2D eigenvalue weighted by atomic mass is 9.88. The largest absolute Gasteiger partial charge is 0.481 e. The fraction of sp³-hybridized carbons (Fsp3) is 0.615. The molecule has 0 amide bonds. The van der Waals surface area contributed by atoms with E-state index in [1.807, 2.05) is 0 Å². The first kappa shape index (κ1) is 14.4. The molecule has 0 saturated carbocycles. The molecule has 21 heavy (non-hydrogen) atoms. The minimum Gasteiger partial charge on any atom is -0.481 e. The Balaban J connectivity index is 1.52. The van der Waals surface area contributed by atoms with Gasteiger partial charge in [-0.25, -0.2) is 9.97 Å². The third kappa shape index (κ3) is 3.07. The Kier molecular flexibility index (Phi) is 3.92. The first-order chi connectivity index (χ1) is 10.1. The van der Waals surface area contributed by atoms with Crippen molar-refractivity contribution < 1.29 is 9.84 Å². The van der Waals surface area contributed by atoms with Crippen LogP contribution in [0.3, 0.4) is 0 Å². The molecule has 1 aromatic rings. The zero-order valence-corrected chi connectivity index (χ0v) is 12.7. The summed E-state index contributed by atoms with van der Waals surface area (Å²) in [4.78, 5) is 10.3. The maximum absolute atomic E-state index is 10.6. The highest BCUT2D eigenvalue weighted by Crippen LogP contribution is 2.35. The van der Waals surface area contributed by atoms with Gasteiger partial charge in [0.15, 0.2) is 5.11 Å². The van der Waals surface area contributed by atoms with Gasteiger partial charge in [-0.05, 0) is 25.2 Å². The van der Waals surface area contributed by atoms with Gasteiger partial charge in [-0.3, -0.25) is 4.90 Å². The van der Waals surface area contributed by atoms with Crippen molar-refractivity contribution in [1.29, 1.82) is 0 Å². The number of ether oxygens (including phenoxy) is 1. The fourth-order valence-corrected chi connectivity index (χ4v) is 3.22. The summed E-state index contributed by atoms with van der Waals surface area (Å²) in [6, 6.07) is 1.66. The first-order valence-electron chi connectivity index (χ1n) is 6.95. The Morgan fingerprint density at radius 1 is 1.62 bits per heavy atom. The van der Waals surface area contributed by atoms with Gasteiger partial charge in [0.2, 0.25) is 5.88 Å². The minimum atomic E-state index is -0.687. The van der Waals surface area contributed by atoms with E-state index in [2.05, 4.69) is 25.5 Å². The third-order valence-electron chi connectivity index (χ3n) is 4.18. The molecular formula is C13H19N5O2S. The van der Waals surface area contributed by atoms with E-state index in [4.69, 9.17) is 17.0 Å². The molecule has 2 fully saturated rings. The van der Waals surface area contributed by atoms with Gasteiger partial charge in [-0.1, -0.05) is 0 Å². The van der Waals surface area contributed by atoms with E-state index in [9.17, 15) is 5.11 Å². The molecule has 0 radical (unpaired) electrons. The summed E-state index contributed by atoms with van der Waals surface area (Å²) >= 11 is 5.24. The van der Waals surface area contributed by atoms with Gasteiger partial charge in [-0.15, -0.1) is 0 Å². The van der Waals surface area contributed by atoms with Crippen molar-refractivity contribution in [2.24, 2.45) is 5.92 Å². The average molecular weight is 309 g/mol. The van der Waals surface area contributed by atoms with Crippen LogP contribution in [0.1, 0.15) is 6.42 Å². The molecule has 7 nitrogen and oxygen atoms in total. The molecule has 0 aromatic carbocycles. The summed E-state index contributed by atoms with van der Waals surface area (Å²) in [6.45, 7) is 3.24. The topological polar surface area (TPSA) is 82.5 Å². The Hall–Kier alpha value is -1.51. The van der Waals surface area contributed by atoms with Crippen LogP contribution in [0.15, 0.2) is 12.4 Å². The number of thiocarbonyl (C=S) groups is 1. The number of aliphatic hydroxyl groups is 1. The van der Waals surface area contributed by atoms with E-state index in [1.165, 1.54) is 6.33 Å². The van der Waals surface area contributed by atoms with Gasteiger partial charge in [0.25, 0.3) is 0 Å². The highest BCUT2D eigenvalue weighted by molar-refractivity contribution is 7.80. The fourth-order valence-electron chi connectivity index (χ4n) is 3.04. The van der Waals surface area contributed by atoms with Gasteiger partial charge in [0.1, 0.15) is 12.1 Å². The predicted molar refractivity (Wildman–Crippen MR) is 82.3 cm³/mol. The highest BCUT2D eigenvalue weighted by Gasteiger charge is 2.48. The summed E-state index contributed by atoms with van der Waals surface area (Å²) in [6.07, 6.45) is 2.46. The second-order valence-corrected chi connectivity index (χ2v) is 5.99. The van der Waals surface area contributed by atoms with Crippen LogP contribution in [0.4, 0.5) is 5.82 Å². The molecule has 3 atom stereocenters. The Bertz CT molecular complexity index is 543. The van der Waals surface area contributed by atoms with Gasteiger partial charge in [0.05, 0.1) is 12.7 Å². The van der Waals surface area contributed by atoms with Crippen LogP contribution < -0.4 is 15.4 Å². The van der Waals surface area contributed by atoms with E-state index >= 15 is 0 Å². The zero-order chi connectivity index (χ0) is 14.9. The number of hydrogen-bond acceptors (Lipinski definition) is 6. The number of methoxy groups -OCH3 is 1. The van der Waals surface area contributed by atoms with Crippen molar-refractivity contribution in [1.82, 2.24) is 20.2 Å². The van der Waals surface area contributed by atoms with E-state index in [0.29, 0.717) is 35.8 Å². The number of hydrogen-bond donors (Lipinski definition) is 3. The summed E-state index contributed by atoms with van der Waals surface area (Å²) in [5, 5.41) is 17.1. The molecule has 0 aliphatic carbocycles. The zero-order valence-electron chi connectivity index (χ0n) is 11.9. The maximum Gasteiger partial charge on any atom is 0.218 e. The predicted octanol–water partition coefficient (Wildman–Crippen LogP) is -0.162. The van der Waals surface area contributed by atoms with Gasteiger partial charge in [-0.2, -0.15) is 0 Å². The monoisotopic (exact) mass is 309 g/mol. The van der Waals surface area contributed by atoms with Crippen LogP contribution in [0.2, 0.25) is 0 Å². The van der Waals surface area contributed by atoms with Crippen molar-refractivity contribution in [2.45, 2.75) is 12.0 Å². The lowest BCUT2D eigenvalue weighted by Gasteiger charge is -2.32. The van der Waals surface area contributed by atoms with Gasteiger partial charge < -0.3 is 20.5 Å². The second-order valence-electron chi connectivity index (χ2n) is 5.58. The molecule has 2 aliphatic heterocycles. The van der Waals surface area contributed by atoms with Crippen molar-refractivity contribution in [3.63, 3.8) is 0 Å². The number of aromatic nitrogens is 2. The first-order valence-corrected chi connectivity index (χ1v) is 7.35. The molecule has 1 aromatic heterocycles. The standard InChI is InChI=1S/C13H19N5O2S/c1-20-11-4-10(15-8-16-11)17-12(21)14-6-13(19)7-18-3-2-9(13)5-18/h4,8-9,19H,2-3,5-7H2,1H3,(H2,14,15,16,17,21)/t9-,13+/m1/s1. The quantitative estimate of drug-likeness (QED) is 0.662. The highest BCUT2D eigenvalue weighted by atomic mass is 32.1. The van der Waals surface area contributed by atoms with E-state index in [-0.39, 0.29) is 0 Å². The van der Waals surface area contributed by atoms with Gasteiger partial charge >= 0.3 is 0 Å². The van der Waals surface area contributed by atoms with Crippen LogP contribution in [-0.4, -0.2) is 64.0 Å². The summed E-state index contributed by atoms with van der Waals surface area (Å²) in [5.41, 5.74) is -0.687. The molecule has 2 aliphatic rings. The van der Waals surface area contributed by atoms with Crippen LogP contribution >= 0.6 is 12.2 Å². The normalized spacial score (nSPS) is 30.2. The number of anilines is 1. The van der Waals surface area contributed by atoms with E-state index in [1.54, 1.807) is 13.2 Å². The van der Waals surface area contributed by atoms with Crippen molar-refractivity contribution in [3.8, 4) is 5.88 Å².